The number of nitrogens with two attached hydrogens (primary N) is 1. The number of hydrogen-bond donors (Lipinski definition) is 1. The molecule has 3 heteroatoms. The van der Waals surface area contributed by atoms with Gasteiger partial charge in [-0.3, -0.25) is 0 Å². The van der Waals surface area contributed by atoms with Crippen LogP contribution in [0.25, 0.3) is 0 Å². The molecule has 0 aliphatic carbocycles. The van der Waals surface area contributed by atoms with E-state index in [1.54, 1.807) is 0 Å². The molecular weight excluding hydrogens is 224 g/mol. The molecule has 18 heavy (non-hydrogen) atoms. The van der Waals surface area contributed by atoms with Gasteiger partial charge in [0, 0.05) is 6.54 Å². The van der Waals surface area contributed by atoms with Gasteiger partial charge in [-0.05, 0) is 63.0 Å². The van der Waals surface area contributed by atoms with Gasteiger partial charge in [0.1, 0.15) is 5.75 Å². The maximum atomic E-state index is 5.64. The van der Waals surface area contributed by atoms with Gasteiger partial charge in [0.05, 0.1) is 6.61 Å². The van der Waals surface area contributed by atoms with Crippen molar-refractivity contribution in [1.29, 1.82) is 0 Å². The molecule has 2 N–H and O–H groups in total. The van der Waals surface area contributed by atoms with Crippen LogP contribution in [0.15, 0.2) is 18.2 Å². The van der Waals surface area contributed by atoms with E-state index < -0.39 is 0 Å². The summed E-state index contributed by atoms with van der Waals surface area (Å²) in [7, 11) is 2.17. The molecule has 1 aromatic rings. The fourth-order valence-corrected chi connectivity index (χ4v) is 2.43. The van der Waals surface area contributed by atoms with Crippen LogP contribution in [0.5, 0.6) is 5.75 Å². The van der Waals surface area contributed by atoms with E-state index in [1.165, 1.54) is 17.5 Å². The molecule has 2 rings (SSSR count). The van der Waals surface area contributed by atoms with E-state index >= 15 is 0 Å². The van der Waals surface area contributed by atoms with E-state index in [1.807, 2.05) is 0 Å². The molecule has 100 valence electrons. The molecule has 0 saturated heterocycles. The highest BCUT2D eigenvalue weighted by Crippen LogP contribution is 2.25. The lowest BCUT2D eigenvalue weighted by atomic mass is 10.0. The van der Waals surface area contributed by atoms with Crippen molar-refractivity contribution in [2.75, 3.05) is 26.7 Å². The van der Waals surface area contributed by atoms with Crippen molar-refractivity contribution in [1.82, 2.24) is 4.90 Å². The second-order valence-corrected chi connectivity index (χ2v) is 5.13. The van der Waals surface area contributed by atoms with Gasteiger partial charge in [0.2, 0.25) is 0 Å². The molecule has 0 bridgehead atoms. The van der Waals surface area contributed by atoms with E-state index in [4.69, 9.17) is 10.5 Å². The number of unbranched alkanes of at least 4 members (excludes halogenated alkanes) is 1. The van der Waals surface area contributed by atoms with Crippen LogP contribution in [0.2, 0.25) is 0 Å². The molecule has 1 aliphatic rings. The van der Waals surface area contributed by atoms with Crippen molar-refractivity contribution in [3.8, 4) is 5.75 Å². The fourth-order valence-electron chi connectivity index (χ4n) is 2.43. The lowest BCUT2D eigenvalue weighted by Crippen LogP contribution is -2.20. The minimum absolute atomic E-state index is 0.796. The topological polar surface area (TPSA) is 38.5 Å². The molecule has 0 saturated carbocycles. The molecule has 0 spiro atoms. The Morgan fingerprint density at radius 1 is 1.33 bits per heavy atom. The average molecular weight is 248 g/mol. The smallest absolute Gasteiger partial charge is 0.122 e. The number of benzene rings is 1. The summed E-state index contributed by atoms with van der Waals surface area (Å²) in [6, 6.07) is 6.61. The van der Waals surface area contributed by atoms with Gasteiger partial charge in [0.15, 0.2) is 0 Å². The molecule has 1 aliphatic heterocycles. The zero-order valence-electron chi connectivity index (χ0n) is 11.3. The third kappa shape index (κ3) is 3.72. The summed E-state index contributed by atoms with van der Waals surface area (Å²) >= 11 is 0. The van der Waals surface area contributed by atoms with Crippen LogP contribution >= 0.6 is 0 Å². The molecule has 0 amide bonds. The Morgan fingerprint density at radius 2 is 2.22 bits per heavy atom. The molecule has 1 heterocycles. The van der Waals surface area contributed by atoms with Crippen LogP contribution in [-0.4, -0.2) is 31.6 Å². The highest BCUT2D eigenvalue weighted by molar-refractivity contribution is 5.38. The summed E-state index contributed by atoms with van der Waals surface area (Å²) < 4.78 is 5.64. The third-order valence-corrected chi connectivity index (χ3v) is 3.42. The van der Waals surface area contributed by atoms with Crippen molar-refractivity contribution in [3.63, 3.8) is 0 Å². The Labute approximate surface area is 110 Å². The summed E-state index contributed by atoms with van der Waals surface area (Å²) in [6.07, 6.45) is 4.59. The number of hydrogen-bond acceptors (Lipinski definition) is 3. The number of aryl methyl sites for hydroxylation is 1. The van der Waals surface area contributed by atoms with Gasteiger partial charge in [-0.25, -0.2) is 0 Å². The van der Waals surface area contributed by atoms with Crippen LogP contribution in [0.1, 0.15) is 30.4 Å². The van der Waals surface area contributed by atoms with Crippen molar-refractivity contribution in [3.05, 3.63) is 29.3 Å². The summed E-state index contributed by atoms with van der Waals surface area (Å²) in [4.78, 5) is 2.36. The predicted octanol–water partition coefficient (Wildman–Crippen LogP) is 2.18. The first-order valence-electron chi connectivity index (χ1n) is 6.93. The minimum Gasteiger partial charge on any atom is -0.493 e. The molecular formula is C15H24N2O. The second kappa shape index (κ2) is 6.76. The Kier molecular flexibility index (Phi) is 5.02. The predicted molar refractivity (Wildman–Crippen MR) is 74.9 cm³/mol. The Balaban J connectivity index is 1.89. The summed E-state index contributed by atoms with van der Waals surface area (Å²) in [5.74, 6) is 1.08. The molecule has 3 nitrogen and oxygen atoms in total. The van der Waals surface area contributed by atoms with E-state index in [0.717, 1.165) is 51.3 Å². The lowest BCUT2D eigenvalue weighted by Gasteiger charge is -2.20. The quantitative estimate of drug-likeness (QED) is 0.784. The Hall–Kier alpha value is -1.06. The van der Waals surface area contributed by atoms with Crippen LogP contribution in [0.3, 0.4) is 0 Å². The van der Waals surface area contributed by atoms with Crippen LogP contribution < -0.4 is 10.5 Å². The Bertz CT molecular complexity index is 379. The molecule has 0 fully saturated rings. The van der Waals surface area contributed by atoms with Gasteiger partial charge < -0.3 is 15.4 Å². The van der Waals surface area contributed by atoms with Crippen molar-refractivity contribution in [2.45, 2.75) is 32.2 Å². The van der Waals surface area contributed by atoms with Gasteiger partial charge in [-0.15, -0.1) is 0 Å². The van der Waals surface area contributed by atoms with E-state index in [0.29, 0.717) is 0 Å². The van der Waals surface area contributed by atoms with Crippen molar-refractivity contribution < 1.29 is 4.74 Å². The number of rotatable bonds is 6. The molecule has 0 radical (unpaired) electrons. The zero-order valence-corrected chi connectivity index (χ0v) is 11.3. The number of fused-ring (bicyclic) bond motifs is 1. The number of ether oxygens (including phenoxy) is 1. The first kappa shape index (κ1) is 13.4. The van der Waals surface area contributed by atoms with Gasteiger partial charge in [-0.2, -0.15) is 0 Å². The third-order valence-electron chi connectivity index (χ3n) is 3.42. The number of nitrogens with zero attached hydrogens (tertiary/aromatic N) is 1. The first-order chi connectivity index (χ1) is 8.79. The lowest BCUT2D eigenvalue weighted by molar-refractivity contribution is 0.287. The monoisotopic (exact) mass is 248 g/mol. The van der Waals surface area contributed by atoms with Gasteiger partial charge in [-0.1, -0.05) is 12.1 Å². The summed E-state index contributed by atoms with van der Waals surface area (Å²) in [5, 5.41) is 0. The van der Waals surface area contributed by atoms with E-state index in [-0.39, 0.29) is 0 Å². The van der Waals surface area contributed by atoms with Crippen LogP contribution in [0.4, 0.5) is 0 Å². The van der Waals surface area contributed by atoms with E-state index in [2.05, 4.69) is 30.1 Å². The fraction of sp³-hybridized carbons (Fsp3) is 0.600. The normalized spacial score (nSPS) is 14.4. The largest absolute Gasteiger partial charge is 0.493 e. The first-order valence-corrected chi connectivity index (χ1v) is 6.93. The second-order valence-electron chi connectivity index (χ2n) is 5.13. The Morgan fingerprint density at radius 3 is 3.06 bits per heavy atom. The van der Waals surface area contributed by atoms with Crippen molar-refractivity contribution in [2.24, 2.45) is 5.73 Å². The van der Waals surface area contributed by atoms with Gasteiger partial charge in [0.25, 0.3) is 0 Å². The van der Waals surface area contributed by atoms with Crippen molar-refractivity contribution >= 4 is 0 Å². The molecule has 0 unspecified atom stereocenters. The van der Waals surface area contributed by atoms with E-state index in [9.17, 15) is 0 Å². The maximum absolute atomic E-state index is 5.64. The molecule has 1 aromatic carbocycles. The molecule has 0 atom stereocenters. The maximum Gasteiger partial charge on any atom is 0.122 e. The van der Waals surface area contributed by atoms with Crippen LogP contribution in [-0.2, 0) is 13.0 Å². The standard InChI is InChI=1S/C15H24N2O/c1-17(9-3-2-8-16)12-13-6-7-15-14(11-13)5-4-10-18-15/h6-7,11H,2-5,8-10,12,16H2,1H3. The highest BCUT2D eigenvalue weighted by atomic mass is 16.5. The average Bonchev–Trinajstić information content (AvgIpc) is 2.39. The minimum atomic E-state index is 0.796. The highest BCUT2D eigenvalue weighted by Gasteiger charge is 2.11. The summed E-state index contributed by atoms with van der Waals surface area (Å²) in [5.41, 5.74) is 8.26. The zero-order chi connectivity index (χ0) is 12.8. The SMILES string of the molecule is CN(CCCCN)Cc1ccc2c(c1)CCCO2. The molecule has 0 aromatic heterocycles. The summed E-state index contributed by atoms with van der Waals surface area (Å²) in [6.45, 7) is 3.79. The van der Waals surface area contributed by atoms with Gasteiger partial charge >= 0.3 is 0 Å². The van der Waals surface area contributed by atoms with Crippen LogP contribution in [0, 0.1) is 0 Å².